The second-order valence-electron chi connectivity index (χ2n) is 3.60. The van der Waals surface area contributed by atoms with Crippen molar-refractivity contribution in [2.75, 3.05) is 5.43 Å². The van der Waals surface area contributed by atoms with Gasteiger partial charge in [-0.25, -0.2) is 0 Å². The first kappa shape index (κ1) is 13.1. The van der Waals surface area contributed by atoms with Crippen LogP contribution >= 0.6 is 35.4 Å². The predicted octanol–water partition coefficient (Wildman–Crippen LogP) is 4.29. The zero-order chi connectivity index (χ0) is 13.0. The van der Waals surface area contributed by atoms with E-state index in [9.17, 15) is 0 Å². The van der Waals surface area contributed by atoms with Crippen LogP contribution < -0.4 is 10.9 Å². The van der Waals surface area contributed by atoms with E-state index in [1.165, 1.54) is 0 Å². The minimum atomic E-state index is 0.567. The minimum absolute atomic E-state index is 0.567. The molecule has 0 spiro atoms. The molecule has 0 aromatic heterocycles. The molecule has 0 unspecified atom stereocenters. The third-order valence-corrected chi connectivity index (χ3v) is 2.99. The van der Waals surface area contributed by atoms with E-state index in [2.05, 4.69) is 10.9 Å². The molecule has 2 nitrogen and oxygen atoms in total. The molecule has 5 heteroatoms. The fraction of sp³-hybridized carbons (Fsp3) is 0. The number of rotatable bonds is 3. The smallest absolute Gasteiger partial charge is 0.125 e. The highest BCUT2D eigenvalue weighted by atomic mass is 35.5. The SMILES string of the molecule is S=C(NNc1cc(Cl)cc(Cl)c1)c1ccccc1. The van der Waals surface area contributed by atoms with Crippen LogP contribution in [0.1, 0.15) is 5.56 Å². The maximum Gasteiger partial charge on any atom is 0.125 e. The zero-order valence-corrected chi connectivity index (χ0v) is 11.6. The Labute approximate surface area is 121 Å². The van der Waals surface area contributed by atoms with E-state index in [1.807, 2.05) is 30.3 Å². The van der Waals surface area contributed by atoms with Crippen molar-refractivity contribution in [3.8, 4) is 0 Å². The van der Waals surface area contributed by atoms with Crippen molar-refractivity contribution in [3.05, 3.63) is 64.1 Å². The lowest BCUT2D eigenvalue weighted by Gasteiger charge is -2.11. The van der Waals surface area contributed by atoms with Crippen molar-refractivity contribution < 1.29 is 0 Å². The number of benzene rings is 2. The van der Waals surface area contributed by atoms with Crippen LogP contribution in [0.4, 0.5) is 5.69 Å². The maximum atomic E-state index is 5.90. The normalized spacial score (nSPS) is 9.89. The van der Waals surface area contributed by atoms with E-state index in [0.717, 1.165) is 11.3 Å². The van der Waals surface area contributed by atoms with Gasteiger partial charge in [0.15, 0.2) is 0 Å². The average Bonchev–Trinajstić information content (AvgIpc) is 2.36. The number of thiocarbonyl (C=S) groups is 1. The van der Waals surface area contributed by atoms with Crippen LogP contribution in [-0.4, -0.2) is 4.99 Å². The molecule has 0 saturated carbocycles. The summed E-state index contributed by atoms with van der Waals surface area (Å²) in [4.78, 5) is 0.603. The lowest BCUT2D eigenvalue weighted by molar-refractivity contribution is 1.14. The Morgan fingerprint density at radius 2 is 1.56 bits per heavy atom. The summed E-state index contributed by atoms with van der Waals surface area (Å²) >= 11 is 17.0. The molecular formula is C13H10Cl2N2S. The highest BCUT2D eigenvalue weighted by Gasteiger charge is 2.01. The van der Waals surface area contributed by atoms with Crippen LogP contribution in [0.3, 0.4) is 0 Å². The summed E-state index contributed by atoms with van der Waals surface area (Å²) in [5.41, 5.74) is 7.59. The maximum absolute atomic E-state index is 5.90. The van der Waals surface area contributed by atoms with Crippen LogP contribution in [-0.2, 0) is 0 Å². The molecule has 0 aliphatic heterocycles. The van der Waals surface area contributed by atoms with Crippen molar-refractivity contribution in [1.29, 1.82) is 0 Å². The van der Waals surface area contributed by atoms with Gasteiger partial charge in [-0.1, -0.05) is 65.8 Å². The summed E-state index contributed by atoms with van der Waals surface area (Å²) < 4.78 is 0. The first-order valence-electron chi connectivity index (χ1n) is 5.22. The molecule has 0 aliphatic carbocycles. The van der Waals surface area contributed by atoms with Gasteiger partial charge >= 0.3 is 0 Å². The number of hydrogen-bond acceptors (Lipinski definition) is 2. The molecule has 92 valence electrons. The standard InChI is InChI=1S/C13H10Cl2N2S/c14-10-6-11(15)8-12(7-10)16-17-13(18)9-4-2-1-3-5-9/h1-8,16H,(H,17,18). The Hall–Kier alpha value is -1.29. The molecule has 0 atom stereocenters. The van der Waals surface area contributed by atoms with Crippen molar-refractivity contribution in [3.63, 3.8) is 0 Å². The Kier molecular flexibility index (Phi) is 4.42. The van der Waals surface area contributed by atoms with Crippen LogP contribution in [0, 0.1) is 0 Å². The van der Waals surface area contributed by atoms with E-state index in [0.29, 0.717) is 15.0 Å². The Bertz CT molecular complexity index is 538. The molecule has 0 saturated heterocycles. The highest BCUT2D eigenvalue weighted by Crippen LogP contribution is 2.21. The van der Waals surface area contributed by atoms with Gasteiger partial charge in [0.25, 0.3) is 0 Å². The minimum Gasteiger partial charge on any atom is -0.300 e. The summed E-state index contributed by atoms with van der Waals surface area (Å²) in [5.74, 6) is 0. The summed E-state index contributed by atoms with van der Waals surface area (Å²) in [6, 6.07) is 14.9. The summed E-state index contributed by atoms with van der Waals surface area (Å²) in [6.45, 7) is 0. The molecule has 0 amide bonds. The highest BCUT2D eigenvalue weighted by molar-refractivity contribution is 7.80. The number of hydrazine groups is 1. The molecule has 0 fully saturated rings. The molecular weight excluding hydrogens is 287 g/mol. The molecule has 2 N–H and O–H groups in total. The zero-order valence-electron chi connectivity index (χ0n) is 9.28. The third kappa shape index (κ3) is 3.60. The molecule has 0 bridgehead atoms. The van der Waals surface area contributed by atoms with Gasteiger partial charge in [-0.3, -0.25) is 5.43 Å². The van der Waals surface area contributed by atoms with Gasteiger partial charge in [0.1, 0.15) is 4.99 Å². The first-order chi connectivity index (χ1) is 8.65. The monoisotopic (exact) mass is 296 g/mol. The van der Waals surface area contributed by atoms with Crippen LogP contribution in [0.25, 0.3) is 0 Å². The van der Waals surface area contributed by atoms with Crippen LogP contribution in [0.5, 0.6) is 0 Å². The van der Waals surface area contributed by atoms with E-state index < -0.39 is 0 Å². The lowest BCUT2D eigenvalue weighted by Crippen LogP contribution is -2.28. The topological polar surface area (TPSA) is 24.1 Å². The molecule has 0 aliphatic rings. The Morgan fingerprint density at radius 3 is 2.17 bits per heavy atom. The first-order valence-corrected chi connectivity index (χ1v) is 6.39. The van der Waals surface area contributed by atoms with E-state index >= 15 is 0 Å². The van der Waals surface area contributed by atoms with Crippen molar-refractivity contribution in [1.82, 2.24) is 5.43 Å². The fourth-order valence-corrected chi connectivity index (χ4v) is 2.13. The second-order valence-corrected chi connectivity index (χ2v) is 4.88. The van der Waals surface area contributed by atoms with Crippen molar-refractivity contribution >= 4 is 46.1 Å². The number of nitrogens with one attached hydrogen (secondary N) is 2. The second kappa shape index (κ2) is 6.05. The number of anilines is 1. The van der Waals surface area contributed by atoms with Gasteiger partial charge in [-0.2, -0.15) is 0 Å². The summed E-state index contributed by atoms with van der Waals surface area (Å²) in [6.07, 6.45) is 0. The quantitative estimate of drug-likeness (QED) is 0.653. The van der Waals surface area contributed by atoms with Gasteiger partial charge in [0, 0.05) is 15.6 Å². The van der Waals surface area contributed by atoms with Crippen molar-refractivity contribution in [2.24, 2.45) is 0 Å². The van der Waals surface area contributed by atoms with Gasteiger partial charge in [0.2, 0.25) is 0 Å². The Morgan fingerprint density at radius 1 is 0.944 bits per heavy atom. The molecule has 18 heavy (non-hydrogen) atoms. The number of hydrogen-bond donors (Lipinski definition) is 2. The van der Waals surface area contributed by atoms with Crippen molar-refractivity contribution in [2.45, 2.75) is 0 Å². The molecule has 0 heterocycles. The molecule has 0 radical (unpaired) electrons. The number of halogens is 2. The summed E-state index contributed by atoms with van der Waals surface area (Å²) in [5, 5.41) is 1.13. The van der Waals surface area contributed by atoms with E-state index in [-0.39, 0.29) is 0 Å². The van der Waals surface area contributed by atoms with Crippen LogP contribution in [0.15, 0.2) is 48.5 Å². The van der Waals surface area contributed by atoms with Crippen LogP contribution in [0.2, 0.25) is 10.0 Å². The third-order valence-electron chi connectivity index (χ3n) is 2.22. The molecule has 2 rings (SSSR count). The molecule has 2 aromatic rings. The fourth-order valence-electron chi connectivity index (χ4n) is 1.42. The van der Waals surface area contributed by atoms with Gasteiger partial charge < -0.3 is 5.43 Å². The van der Waals surface area contributed by atoms with Gasteiger partial charge in [0.05, 0.1) is 5.69 Å². The predicted molar refractivity (Wildman–Crippen MR) is 81.4 cm³/mol. The summed E-state index contributed by atoms with van der Waals surface area (Å²) in [7, 11) is 0. The van der Waals surface area contributed by atoms with E-state index in [4.69, 9.17) is 35.4 Å². The van der Waals surface area contributed by atoms with Gasteiger partial charge in [-0.15, -0.1) is 0 Å². The largest absolute Gasteiger partial charge is 0.300 e. The molecule has 2 aromatic carbocycles. The van der Waals surface area contributed by atoms with Gasteiger partial charge in [-0.05, 0) is 18.2 Å². The Balaban J connectivity index is 2.02. The lowest BCUT2D eigenvalue weighted by atomic mass is 10.2. The van der Waals surface area contributed by atoms with E-state index in [1.54, 1.807) is 18.2 Å². The average molecular weight is 297 g/mol.